The van der Waals surface area contributed by atoms with Gasteiger partial charge in [0.25, 0.3) is 0 Å². The van der Waals surface area contributed by atoms with Crippen LogP contribution in [0, 0.1) is 0 Å². The van der Waals surface area contributed by atoms with Crippen molar-refractivity contribution in [3.63, 3.8) is 0 Å². The molecular weight excluding hydrogens is 220 g/mol. The third-order valence-corrected chi connectivity index (χ3v) is 4.59. The Labute approximate surface area is 101 Å². The van der Waals surface area contributed by atoms with Crippen molar-refractivity contribution in [2.45, 2.75) is 51.7 Å². The first-order valence-electron chi connectivity index (χ1n) is 6.08. The van der Waals surface area contributed by atoms with Gasteiger partial charge in [0.1, 0.15) is 0 Å². The van der Waals surface area contributed by atoms with E-state index in [4.69, 9.17) is 0 Å². The molecule has 1 aliphatic rings. The van der Waals surface area contributed by atoms with E-state index in [0.29, 0.717) is 6.04 Å². The number of aryl methyl sites for hydroxylation is 1. The number of hydrogen-bond donors (Lipinski definition) is 1. The third-order valence-electron chi connectivity index (χ3n) is 3.42. The Hall–Kier alpha value is -0.610. The van der Waals surface area contributed by atoms with Crippen molar-refractivity contribution in [1.29, 1.82) is 0 Å². The summed E-state index contributed by atoms with van der Waals surface area (Å²) >= 11 is 1.64. The maximum Gasteiger partial charge on any atom is 0.185 e. The smallest absolute Gasteiger partial charge is 0.185 e. The molecule has 16 heavy (non-hydrogen) atoms. The van der Waals surface area contributed by atoms with Crippen LogP contribution in [0.1, 0.15) is 43.2 Å². The first-order valence-corrected chi connectivity index (χ1v) is 6.90. The number of aliphatic hydroxyl groups is 1. The molecule has 0 saturated heterocycles. The number of hydrogen-bond acceptors (Lipinski definition) is 4. The van der Waals surface area contributed by atoms with E-state index >= 15 is 0 Å². The van der Waals surface area contributed by atoms with Gasteiger partial charge in [-0.05, 0) is 19.3 Å². The van der Waals surface area contributed by atoms with Crippen molar-refractivity contribution >= 4 is 16.5 Å². The summed E-state index contributed by atoms with van der Waals surface area (Å²) in [6.45, 7) is 2.22. The minimum absolute atomic E-state index is 0.124. The molecule has 1 heterocycles. The molecule has 0 bridgehead atoms. The van der Waals surface area contributed by atoms with Crippen LogP contribution in [0.3, 0.4) is 0 Å². The summed E-state index contributed by atoms with van der Waals surface area (Å²) in [6, 6.07) is 0.655. The van der Waals surface area contributed by atoms with Crippen molar-refractivity contribution < 1.29 is 5.11 Å². The fourth-order valence-electron chi connectivity index (χ4n) is 2.37. The number of aromatic nitrogens is 1. The van der Waals surface area contributed by atoms with Crippen LogP contribution in [0.25, 0.3) is 0 Å². The van der Waals surface area contributed by atoms with Gasteiger partial charge >= 0.3 is 0 Å². The Balaban J connectivity index is 2.15. The summed E-state index contributed by atoms with van der Waals surface area (Å²) in [5.74, 6) is 0. The Morgan fingerprint density at radius 1 is 1.44 bits per heavy atom. The van der Waals surface area contributed by atoms with Crippen molar-refractivity contribution in [2.24, 2.45) is 0 Å². The molecule has 0 radical (unpaired) electrons. The van der Waals surface area contributed by atoms with Crippen molar-refractivity contribution in [3.8, 4) is 0 Å². The highest BCUT2D eigenvalue weighted by atomic mass is 32.1. The largest absolute Gasteiger partial charge is 0.391 e. The first kappa shape index (κ1) is 11.9. The van der Waals surface area contributed by atoms with Gasteiger partial charge in [-0.15, -0.1) is 0 Å². The lowest BCUT2D eigenvalue weighted by molar-refractivity contribution is 0.284. The van der Waals surface area contributed by atoms with Crippen LogP contribution in [0.15, 0.2) is 0 Å². The minimum atomic E-state index is 0.124. The Bertz CT molecular complexity index is 323. The van der Waals surface area contributed by atoms with Crippen LogP contribution in [-0.2, 0) is 13.0 Å². The second kappa shape index (κ2) is 5.15. The van der Waals surface area contributed by atoms with Crippen molar-refractivity contribution in [1.82, 2.24) is 4.98 Å². The summed E-state index contributed by atoms with van der Waals surface area (Å²) in [4.78, 5) is 7.96. The molecule has 0 aliphatic heterocycles. The fourth-order valence-corrected chi connectivity index (χ4v) is 3.41. The highest BCUT2D eigenvalue weighted by molar-refractivity contribution is 7.15. The molecule has 1 aromatic heterocycles. The molecule has 1 N–H and O–H groups in total. The molecule has 4 heteroatoms. The lowest BCUT2D eigenvalue weighted by Crippen LogP contribution is -2.28. The van der Waals surface area contributed by atoms with Gasteiger partial charge in [0.15, 0.2) is 5.13 Å². The highest BCUT2D eigenvalue weighted by Gasteiger charge is 2.22. The summed E-state index contributed by atoms with van der Waals surface area (Å²) in [5.41, 5.74) is 1.06. The highest BCUT2D eigenvalue weighted by Crippen LogP contribution is 2.31. The van der Waals surface area contributed by atoms with E-state index in [2.05, 4.69) is 23.9 Å². The van der Waals surface area contributed by atoms with E-state index in [1.165, 1.54) is 25.7 Å². The predicted molar refractivity (Wildman–Crippen MR) is 68.1 cm³/mol. The Morgan fingerprint density at radius 3 is 2.62 bits per heavy atom. The second-order valence-corrected chi connectivity index (χ2v) is 5.49. The van der Waals surface area contributed by atoms with Crippen LogP contribution in [-0.4, -0.2) is 23.2 Å². The number of thiazole rings is 1. The number of anilines is 1. The number of aliphatic hydroxyl groups excluding tert-OH is 1. The topological polar surface area (TPSA) is 36.4 Å². The lowest BCUT2D eigenvalue weighted by Gasteiger charge is -2.23. The van der Waals surface area contributed by atoms with Gasteiger partial charge in [-0.3, -0.25) is 0 Å². The van der Waals surface area contributed by atoms with E-state index in [9.17, 15) is 5.11 Å². The summed E-state index contributed by atoms with van der Waals surface area (Å²) in [7, 11) is 2.13. The van der Waals surface area contributed by atoms with Gasteiger partial charge < -0.3 is 10.0 Å². The van der Waals surface area contributed by atoms with Crippen molar-refractivity contribution in [3.05, 3.63) is 10.6 Å². The third kappa shape index (κ3) is 2.23. The molecular formula is C12H20N2OS. The van der Waals surface area contributed by atoms with Crippen LogP contribution >= 0.6 is 11.3 Å². The van der Waals surface area contributed by atoms with Gasteiger partial charge in [0.05, 0.1) is 17.2 Å². The average Bonchev–Trinajstić information content (AvgIpc) is 2.96. The summed E-state index contributed by atoms with van der Waals surface area (Å²) < 4.78 is 0. The molecule has 0 unspecified atom stereocenters. The molecule has 3 nitrogen and oxygen atoms in total. The number of rotatable bonds is 4. The predicted octanol–water partition coefficient (Wildman–Crippen LogP) is 2.58. The normalized spacial score (nSPS) is 16.9. The zero-order valence-electron chi connectivity index (χ0n) is 10.1. The minimum Gasteiger partial charge on any atom is -0.391 e. The van der Waals surface area contributed by atoms with Gasteiger partial charge in [-0.25, -0.2) is 4.98 Å². The van der Waals surface area contributed by atoms with Gasteiger partial charge in [0, 0.05) is 13.1 Å². The maximum atomic E-state index is 9.26. The summed E-state index contributed by atoms with van der Waals surface area (Å²) in [6.07, 6.45) is 6.16. The molecule has 90 valence electrons. The van der Waals surface area contributed by atoms with E-state index < -0.39 is 0 Å². The Morgan fingerprint density at radius 2 is 2.12 bits per heavy atom. The van der Waals surface area contributed by atoms with E-state index in [1.54, 1.807) is 11.3 Å². The molecule has 0 amide bonds. The quantitative estimate of drug-likeness (QED) is 0.878. The summed E-state index contributed by atoms with van der Waals surface area (Å²) in [5, 5.41) is 10.3. The van der Waals surface area contributed by atoms with E-state index in [0.717, 1.165) is 22.1 Å². The van der Waals surface area contributed by atoms with Gasteiger partial charge in [0.2, 0.25) is 0 Å². The molecule has 1 aliphatic carbocycles. The first-order chi connectivity index (χ1) is 7.76. The van der Waals surface area contributed by atoms with Crippen LogP contribution in [0.5, 0.6) is 0 Å². The Kier molecular flexibility index (Phi) is 3.82. The number of nitrogens with zero attached hydrogens (tertiary/aromatic N) is 2. The van der Waals surface area contributed by atoms with Crippen LogP contribution in [0.4, 0.5) is 5.13 Å². The lowest BCUT2D eigenvalue weighted by atomic mass is 10.2. The molecule has 1 saturated carbocycles. The van der Waals surface area contributed by atoms with Crippen LogP contribution in [0.2, 0.25) is 0 Å². The van der Waals surface area contributed by atoms with Crippen molar-refractivity contribution in [2.75, 3.05) is 11.9 Å². The zero-order valence-corrected chi connectivity index (χ0v) is 10.9. The van der Waals surface area contributed by atoms with Gasteiger partial charge in [-0.1, -0.05) is 31.1 Å². The monoisotopic (exact) mass is 240 g/mol. The standard InChI is InChI=1S/C12H20N2OS/c1-3-10-11(8-15)16-12(13-10)14(2)9-6-4-5-7-9/h9,15H,3-8H2,1-2H3. The SMILES string of the molecule is CCc1nc(N(C)C2CCCC2)sc1CO. The van der Waals surface area contributed by atoms with Crippen LogP contribution < -0.4 is 4.90 Å². The fraction of sp³-hybridized carbons (Fsp3) is 0.750. The maximum absolute atomic E-state index is 9.26. The molecule has 1 fully saturated rings. The second-order valence-electron chi connectivity index (χ2n) is 4.43. The zero-order chi connectivity index (χ0) is 11.5. The molecule has 0 aromatic carbocycles. The molecule has 0 atom stereocenters. The molecule has 2 rings (SSSR count). The van der Waals surface area contributed by atoms with E-state index in [1.807, 2.05) is 0 Å². The molecule has 1 aromatic rings. The van der Waals surface area contributed by atoms with E-state index in [-0.39, 0.29) is 6.61 Å². The average molecular weight is 240 g/mol. The molecule has 0 spiro atoms. The van der Waals surface area contributed by atoms with Gasteiger partial charge in [-0.2, -0.15) is 0 Å².